The van der Waals surface area contributed by atoms with Crippen molar-refractivity contribution in [1.82, 2.24) is 5.32 Å². The lowest BCUT2D eigenvalue weighted by atomic mass is 9.85. The van der Waals surface area contributed by atoms with Crippen LogP contribution in [0, 0.1) is 5.92 Å². The molecule has 126 valence electrons. The normalized spacial score (nSPS) is 19.8. The Labute approximate surface area is 144 Å². The van der Waals surface area contributed by atoms with E-state index in [1.807, 2.05) is 38.1 Å². The van der Waals surface area contributed by atoms with Gasteiger partial charge in [-0.2, -0.15) is 0 Å². The maximum absolute atomic E-state index is 12.3. The Hall–Kier alpha value is -2.13. The van der Waals surface area contributed by atoms with Crippen LogP contribution in [-0.2, 0) is 22.6 Å². The van der Waals surface area contributed by atoms with Gasteiger partial charge in [-0.15, -0.1) is 0 Å². The predicted molar refractivity (Wildman–Crippen MR) is 95.5 cm³/mol. The van der Waals surface area contributed by atoms with E-state index < -0.39 is 0 Å². The van der Waals surface area contributed by atoms with Crippen molar-refractivity contribution in [2.75, 3.05) is 0 Å². The third-order valence-corrected chi connectivity index (χ3v) is 4.59. The topological polar surface area (TPSA) is 38.3 Å². The summed E-state index contributed by atoms with van der Waals surface area (Å²) in [5.74, 6) is 0.0406. The van der Waals surface area contributed by atoms with Crippen LogP contribution in [0.25, 0.3) is 0 Å². The van der Waals surface area contributed by atoms with Gasteiger partial charge in [-0.05, 0) is 29.5 Å². The fraction of sp³-hybridized carbons (Fsp3) is 0.381. The molecule has 0 aromatic heterocycles. The molecule has 0 saturated heterocycles. The summed E-state index contributed by atoms with van der Waals surface area (Å²) in [7, 11) is 0. The molecular formula is C21H25NO2. The second-order valence-corrected chi connectivity index (χ2v) is 6.71. The number of rotatable bonds is 5. The summed E-state index contributed by atoms with van der Waals surface area (Å²) in [6.45, 7) is 4.41. The molecule has 0 spiro atoms. The first-order chi connectivity index (χ1) is 11.6. The third kappa shape index (κ3) is 3.85. The van der Waals surface area contributed by atoms with E-state index in [0.29, 0.717) is 6.61 Å². The van der Waals surface area contributed by atoms with Crippen LogP contribution in [0.5, 0.6) is 0 Å². The van der Waals surface area contributed by atoms with Crippen molar-refractivity contribution < 1.29 is 9.53 Å². The molecule has 2 atom stereocenters. The van der Waals surface area contributed by atoms with Crippen molar-refractivity contribution in [2.24, 2.45) is 5.92 Å². The van der Waals surface area contributed by atoms with Gasteiger partial charge in [0.25, 0.3) is 0 Å². The standard InChI is InChI=1S/C21H25NO2/c1-15(2)21(23)22-20-18-11-7-6-10-17(18)12-13-19(20)24-14-16-8-4-3-5-9-16/h3-11,15,19-20H,12-14H2,1-2H3,(H,22,23)/t19-,20+/m0/s1. The van der Waals surface area contributed by atoms with Gasteiger partial charge < -0.3 is 10.1 Å². The quantitative estimate of drug-likeness (QED) is 0.902. The number of benzene rings is 2. The van der Waals surface area contributed by atoms with Crippen molar-refractivity contribution >= 4 is 5.91 Å². The van der Waals surface area contributed by atoms with Crippen LogP contribution in [0.15, 0.2) is 54.6 Å². The Bertz CT molecular complexity index is 681. The van der Waals surface area contributed by atoms with Crippen molar-refractivity contribution in [2.45, 2.75) is 45.4 Å². The Morgan fingerprint density at radius 2 is 1.83 bits per heavy atom. The first-order valence-electron chi connectivity index (χ1n) is 8.69. The first-order valence-corrected chi connectivity index (χ1v) is 8.69. The highest BCUT2D eigenvalue weighted by molar-refractivity contribution is 5.78. The van der Waals surface area contributed by atoms with E-state index in [0.717, 1.165) is 18.4 Å². The molecule has 0 saturated carbocycles. The molecule has 0 heterocycles. The van der Waals surface area contributed by atoms with Crippen molar-refractivity contribution in [3.63, 3.8) is 0 Å². The lowest BCUT2D eigenvalue weighted by Crippen LogP contribution is -2.42. The minimum absolute atomic E-state index is 0.00260. The largest absolute Gasteiger partial charge is 0.371 e. The number of hydrogen-bond donors (Lipinski definition) is 1. The fourth-order valence-corrected chi connectivity index (χ4v) is 3.18. The molecule has 0 radical (unpaired) electrons. The number of aryl methyl sites for hydroxylation is 1. The zero-order chi connectivity index (χ0) is 16.9. The third-order valence-electron chi connectivity index (χ3n) is 4.59. The molecule has 0 aliphatic heterocycles. The molecule has 1 aliphatic carbocycles. The Kier molecular flexibility index (Phi) is 5.31. The van der Waals surface area contributed by atoms with Crippen LogP contribution in [-0.4, -0.2) is 12.0 Å². The summed E-state index contributed by atoms with van der Waals surface area (Å²) in [5.41, 5.74) is 3.66. The number of hydrogen-bond acceptors (Lipinski definition) is 2. The molecule has 1 N–H and O–H groups in total. The molecule has 0 fully saturated rings. The summed E-state index contributed by atoms with van der Waals surface area (Å²) >= 11 is 0. The van der Waals surface area contributed by atoms with E-state index in [2.05, 4.69) is 35.6 Å². The van der Waals surface area contributed by atoms with E-state index in [1.165, 1.54) is 11.1 Å². The van der Waals surface area contributed by atoms with Gasteiger partial charge in [0.05, 0.1) is 18.8 Å². The highest BCUT2D eigenvalue weighted by Crippen LogP contribution is 2.32. The maximum Gasteiger partial charge on any atom is 0.223 e. The molecule has 3 nitrogen and oxygen atoms in total. The van der Waals surface area contributed by atoms with Gasteiger partial charge in [0.2, 0.25) is 5.91 Å². The van der Waals surface area contributed by atoms with Crippen LogP contribution < -0.4 is 5.32 Å². The summed E-state index contributed by atoms with van der Waals surface area (Å²) < 4.78 is 6.20. The lowest BCUT2D eigenvalue weighted by molar-refractivity contribution is -0.126. The molecule has 0 unspecified atom stereocenters. The first kappa shape index (κ1) is 16.7. The minimum Gasteiger partial charge on any atom is -0.371 e. The van der Waals surface area contributed by atoms with E-state index >= 15 is 0 Å². The number of ether oxygens (including phenoxy) is 1. The van der Waals surface area contributed by atoms with E-state index in [9.17, 15) is 4.79 Å². The lowest BCUT2D eigenvalue weighted by Gasteiger charge is -2.34. The Morgan fingerprint density at radius 1 is 1.12 bits per heavy atom. The molecule has 3 heteroatoms. The van der Waals surface area contributed by atoms with Crippen LogP contribution >= 0.6 is 0 Å². The highest BCUT2D eigenvalue weighted by Gasteiger charge is 2.31. The van der Waals surface area contributed by atoms with E-state index in [4.69, 9.17) is 4.74 Å². The van der Waals surface area contributed by atoms with Crippen LogP contribution in [0.2, 0.25) is 0 Å². The van der Waals surface area contributed by atoms with Crippen molar-refractivity contribution in [1.29, 1.82) is 0 Å². The molecular weight excluding hydrogens is 298 g/mol. The highest BCUT2D eigenvalue weighted by atomic mass is 16.5. The number of nitrogens with one attached hydrogen (secondary N) is 1. The second kappa shape index (κ2) is 7.63. The smallest absolute Gasteiger partial charge is 0.223 e. The average Bonchev–Trinajstić information content (AvgIpc) is 2.61. The zero-order valence-electron chi connectivity index (χ0n) is 14.4. The summed E-state index contributed by atoms with van der Waals surface area (Å²) in [6.07, 6.45) is 1.92. The Balaban J connectivity index is 1.77. The predicted octanol–water partition coefficient (Wildman–Crippen LogP) is 4.03. The monoisotopic (exact) mass is 323 g/mol. The van der Waals surface area contributed by atoms with Crippen LogP contribution in [0.3, 0.4) is 0 Å². The molecule has 24 heavy (non-hydrogen) atoms. The Morgan fingerprint density at radius 3 is 2.58 bits per heavy atom. The zero-order valence-corrected chi connectivity index (χ0v) is 14.4. The summed E-state index contributed by atoms with van der Waals surface area (Å²) in [6, 6.07) is 18.5. The summed E-state index contributed by atoms with van der Waals surface area (Å²) in [5, 5.41) is 3.20. The molecule has 1 aliphatic rings. The molecule has 0 bridgehead atoms. The van der Waals surface area contributed by atoms with Gasteiger partial charge in [0, 0.05) is 5.92 Å². The van der Waals surface area contributed by atoms with Crippen molar-refractivity contribution in [3.8, 4) is 0 Å². The molecule has 2 aromatic carbocycles. The van der Waals surface area contributed by atoms with Gasteiger partial charge in [-0.25, -0.2) is 0 Å². The van der Waals surface area contributed by atoms with Crippen LogP contribution in [0.4, 0.5) is 0 Å². The number of fused-ring (bicyclic) bond motifs is 1. The maximum atomic E-state index is 12.3. The van der Waals surface area contributed by atoms with E-state index in [1.54, 1.807) is 0 Å². The molecule has 2 aromatic rings. The van der Waals surface area contributed by atoms with Gasteiger partial charge in [-0.1, -0.05) is 68.4 Å². The SMILES string of the molecule is CC(C)C(=O)N[C@@H]1c2ccccc2CC[C@@H]1OCc1ccccc1. The van der Waals surface area contributed by atoms with E-state index in [-0.39, 0.29) is 24.0 Å². The van der Waals surface area contributed by atoms with Gasteiger partial charge in [-0.3, -0.25) is 4.79 Å². The van der Waals surface area contributed by atoms with Crippen LogP contribution in [0.1, 0.15) is 43.0 Å². The van der Waals surface area contributed by atoms with Gasteiger partial charge >= 0.3 is 0 Å². The van der Waals surface area contributed by atoms with Crippen molar-refractivity contribution in [3.05, 3.63) is 71.3 Å². The van der Waals surface area contributed by atoms with Gasteiger partial charge in [0.1, 0.15) is 0 Å². The van der Waals surface area contributed by atoms with Gasteiger partial charge in [0.15, 0.2) is 0 Å². The summed E-state index contributed by atoms with van der Waals surface area (Å²) in [4.78, 5) is 12.3. The fourth-order valence-electron chi connectivity index (χ4n) is 3.18. The minimum atomic E-state index is -0.0754. The number of carbonyl (C=O) groups excluding carboxylic acids is 1. The molecule has 3 rings (SSSR count). The second-order valence-electron chi connectivity index (χ2n) is 6.71. The number of carbonyl (C=O) groups is 1. The average molecular weight is 323 g/mol. The molecule has 1 amide bonds. The number of amides is 1.